The van der Waals surface area contributed by atoms with Crippen LogP contribution < -0.4 is 5.73 Å². The Morgan fingerprint density at radius 1 is 0.793 bits per heavy atom. The van der Waals surface area contributed by atoms with E-state index in [4.69, 9.17) is 28.3 Å². The van der Waals surface area contributed by atoms with Gasteiger partial charge in [-0.2, -0.15) is 0 Å². The first-order chi connectivity index (χ1) is 13.3. The first-order valence-corrected chi connectivity index (χ1v) is 16.4. The first-order valence-electron chi connectivity index (χ1n) is 10.4. The highest BCUT2D eigenvalue weighted by Gasteiger charge is 2.68. The maximum Gasteiger partial charge on any atom is 0.373 e. The van der Waals surface area contributed by atoms with Crippen molar-refractivity contribution in [1.29, 1.82) is 0 Å². The Labute approximate surface area is 178 Å². The Hall–Kier alpha value is 0.437. The van der Waals surface area contributed by atoms with Crippen LogP contribution in [0.4, 0.5) is 0 Å². The van der Waals surface area contributed by atoms with E-state index in [1.807, 2.05) is 33.9 Å². The number of hydrogen-bond acceptors (Lipinski definition) is 8. The summed E-state index contributed by atoms with van der Waals surface area (Å²) in [5, 5.41) is -2.14. The molecule has 0 aromatic carbocycles. The molecule has 29 heavy (non-hydrogen) atoms. The Bertz CT molecular complexity index is 531. The van der Waals surface area contributed by atoms with Crippen LogP contribution in [0, 0.1) is 0 Å². The van der Waals surface area contributed by atoms with Crippen LogP contribution in [0.25, 0.3) is 0 Å². The summed E-state index contributed by atoms with van der Waals surface area (Å²) in [6, 6.07) is 0. The Morgan fingerprint density at radius 3 is 1.38 bits per heavy atom. The highest BCUT2D eigenvalue weighted by atomic mass is 31.2. The zero-order valence-electron chi connectivity index (χ0n) is 19.8. The predicted octanol–water partition coefficient (Wildman–Crippen LogP) is 5.93. The first kappa shape index (κ1) is 29.4. The molecule has 0 aliphatic heterocycles. The zero-order chi connectivity index (χ0) is 23.0. The third kappa shape index (κ3) is 6.71. The van der Waals surface area contributed by atoms with Gasteiger partial charge in [-0.1, -0.05) is 20.8 Å². The molecule has 0 unspecified atom stereocenters. The summed E-state index contributed by atoms with van der Waals surface area (Å²) in [4.78, 5) is 0. The SMILES string of the molecule is CCOP(=O)(OCC)C(CCCN)(O[Si](C)(C)C(C)(C)C)P(=O)(OCC)OCC. The fraction of sp³-hybridized carbons (Fsp3) is 1.00. The minimum atomic E-state index is -4.09. The van der Waals surface area contributed by atoms with E-state index in [-0.39, 0.29) is 37.9 Å². The largest absolute Gasteiger partial charge is 0.392 e. The number of hydrogen-bond donors (Lipinski definition) is 1. The van der Waals surface area contributed by atoms with Crippen LogP contribution in [0.15, 0.2) is 0 Å². The lowest BCUT2D eigenvalue weighted by Crippen LogP contribution is -2.50. The van der Waals surface area contributed by atoms with E-state index >= 15 is 0 Å². The molecule has 0 spiro atoms. The minimum Gasteiger partial charge on any atom is -0.392 e. The maximum absolute atomic E-state index is 14.2. The summed E-state index contributed by atoms with van der Waals surface area (Å²) in [5.74, 6) is 0. The molecule has 176 valence electrons. The van der Waals surface area contributed by atoms with Gasteiger partial charge in [-0.05, 0) is 58.8 Å². The normalized spacial score (nSPS) is 14.4. The molecule has 0 saturated carbocycles. The maximum atomic E-state index is 14.2. The number of nitrogens with two attached hydrogens (primary N) is 1. The standard InChI is InChI=1S/C18H43NO7P2Si/c1-10-22-27(20,23-11-2)18(15-14-16-19,26-29(8,9)17(5,6)7)28(21,24-12-3)25-13-4/h10-16,19H2,1-9H3. The van der Waals surface area contributed by atoms with Crippen molar-refractivity contribution in [2.75, 3.05) is 33.0 Å². The van der Waals surface area contributed by atoms with Crippen LogP contribution in [-0.2, 0) is 31.7 Å². The molecular weight excluding hydrogens is 432 g/mol. The lowest BCUT2D eigenvalue weighted by Gasteiger charge is -2.48. The Balaban J connectivity index is 7.05. The smallest absolute Gasteiger partial charge is 0.373 e. The molecule has 0 radical (unpaired) electrons. The quantitative estimate of drug-likeness (QED) is 0.229. The lowest BCUT2D eigenvalue weighted by atomic mass is 10.2. The summed E-state index contributed by atoms with van der Waals surface area (Å²) in [6.45, 7) is 17.6. The number of rotatable bonds is 15. The fourth-order valence-electron chi connectivity index (χ4n) is 2.64. The van der Waals surface area contributed by atoms with Crippen LogP contribution in [-0.4, -0.2) is 46.4 Å². The van der Waals surface area contributed by atoms with Crippen molar-refractivity contribution >= 4 is 23.5 Å². The molecule has 0 atom stereocenters. The van der Waals surface area contributed by atoms with Gasteiger partial charge in [-0.25, -0.2) is 0 Å². The molecule has 0 aliphatic rings. The van der Waals surface area contributed by atoms with Gasteiger partial charge in [0.05, 0.1) is 26.4 Å². The Kier molecular flexibility index (Phi) is 12.1. The molecule has 8 nitrogen and oxygen atoms in total. The van der Waals surface area contributed by atoms with Crippen LogP contribution in [0.3, 0.4) is 0 Å². The van der Waals surface area contributed by atoms with Crippen molar-refractivity contribution in [2.45, 2.75) is 84.5 Å². The van der Waals surface area contributed by atoms with Crippen LogP contribution in [0.5, 0.6) is 0 Å². The van der Waals surface area contributed by atoms with Gasteiger partial charge in [0.2, 0.25) is 0 Å². The van der Waals surface area contributed by atoms with Gasteiger partial charge in [0.1, 0.15) is 0 Å². The van der Waals surface area contributed by atoms with Gasteiger partial charge in [-0.15, -0.1) is 0 Å². The lowest BCUT2D eigenvalue weighted by molar-refractivity contribution is 0.0829. The Morgan fingerprint density at radius 2 is 1.14 bits per heavy atom. The third-order valence-electron chi connectivity index (χ3n) is 4.98. The van der Waals surface area contributed by atoms with Crippen LogP contribution in [0.1, 0.15) is 61.3 Å². The summed E-state index contributed by atoms with van der Waals surface area (Å²) in [7, 11) is -10.8. The average Bonchev–Trinajstić information content (AvgIpc) is 2.58. The molecule has 0 aromatic heterocycles. The van der Waals surface area contributed by atoms with Crippen molar-refractivity contribution in [1.82, 2.24) is 0 Å². The molecule has 0 fully saturated rings. The predicted molar refractivity (Wildman–Crippen MR) is 121 cm³/mol. The zero-order valence-corrected chi connectivity index (χ0v) is 22.6. The van der Waals surface area contributed by atoms with Crippen LogP contribution in [0.2, 0.25) is 18.1 Å². The van der Waals surface area contributed by atoms with Gasteiger partial charge in [0, 0.05) is 6.42 Å². The molecule has 0 saturated heterocycles. The second kappa shape index (κ2) is 11.9. The van der Waals surface area contributed by atoms with E-state index in [1.165, 1.54) is 0 Å². The molecule has 0 rings (SSSR count). The molecule has 11 heteroatoms. The average molecular weight is 476 g/mol. The molecule has 0 bridgehead atoms. The third-order valence-corrected chi connectivity index (χ3v) is 16.0. The highest BCUT2D eigenvalue weighted by molar-refractivity contribution is 7.74. The van der Waals surface area contributed by atoms with Crippen molar-refractivity contribution in [3.63, 3.8) is 0 Å². The molecule has 0 heterocycles. The molecular formula is C18H43NO7P2Si. The van der Waals surface area contributed by atoms with Gasteiger partial charge in [0.15, 0.2) is 8.32 Å². The highest BCUT2D eigenvalue weighted by Crippen LogP contribution is 2.80. The monoisotopic (exact) mass is 475 g/mol. The van der Waals surface area contributed by atoms with Crippen molar-refractivity contribution in [2.24, 2.45) is 5.73 Å². The van der Waals surface area contributed by atoms with Gasteiger partial charge in [-0.3, -0.25) is 9.13 Å². The summed E-state index contributed by atoms with van der Waals surface area (Å²) < 4.78 is 57.9. The summed E-state index contributed by atoms with van der Waals surface area (Å²) in [5.41, 5.74) is 5.78. The van der Waals surface area contributed by atoms with E-state index in [1.54, 1.807) is 27.7 Å². The molecule has 0 aromatic rings. The second-order valence-electron chi connectivity index (χ2n) is 8.16. The fourth-order valence-corrected chi connectivity index (χ4v) is 11.2. The van der Waals surface area contributed by atoms with Gasteiger partial charge in [0.25, 0.3) is 5.08 Å². The van der Waals surface area contributed by atoms with Gasteiger partial charge >= 0.3 is 15.2 Å². The van der Waals surface area contributed by atoms with E-state index in [9.17, 15) is 9.13 Å². The van der Waals surface area contributed by atoms with E-state index in [2.05, 4.69) is 0 Å². The van der Waals surface area contributed by atoms with Gasteiger partial charge < -0.3 is 28.3 Å². The molecule has 0 aliphatic carbocycles. The van der Waals surface area contributed by atoms with Crippen LogP contribution >= 0.6 is 15.2 Å². The second-order valence-corrected chi connectivity index (χ2v) is 17.7. The topological polar surface area (TPSA) is 106 Å². The summed E-state index contributed by atoms with van der Waals surface area (Å²) in [6.07, 6.45) is 0.466. The van der Waals surface area contributed by atoms with E-state index in [0.717, 1.165) is 0 Å². The van der Waals surface area contributed by atoms with Crippen molar-refractivity contribution in [3.8, 4) is 0 Å². The van der Waals surface area contributed by atoms with E-state index < -0.39 is 28.6 Å². The summed E-state index contributed by atoms with van der Waals surface area (Å²) >= 11 is 0. The van der Waals surface area contributed by atoms with E-state index in [0.29, 0.717) is 13.0 Å². The molecule has 2 N–H and O–H groups in total. The minimum absolute atomic E-state index is 0.0740. The van der Waals surface area contributed by atoms with Crippen molar-refractivity contribution < 1.29 is 31.7 Å². The van der Waals surface area contributed by atoms with Crippen molar-refractivity contribution in [3.05, 3.63) is 0 Å². The molecule has 0 amide bonds.